The summed E-state index contributed by atoms with van der Waals surface area (Å²) in [6, 6.07) is 0.151. The molecule has 1 aliphatic heterocycles. The number of amides is 1. The van der Waals surface area contributed by atoms with Gasteiger partial charge in [0, 0.05) is 31.9 Å². The van der Waals surface area contributed by atoms with Gasteiger partial charge in [-0.25, -0.2) is 0 Å². The lowest BCUT2D eigenvalue weighted by atomic mass is 10.1. The van der Waals surface area contributed by atoms with Crippen molar-refractivity contribution >= 4 is 23.1 Å². The smallest absolute Gasteiger partial charge is 0.257 e. The van der Waals surface area contributed by atoms with Crippen LogP contribution in [0.15, 0.2) is 6.20 Å². The van der Waals surface area contributed by atoms with Crippen molar-refractivity contribution in [2.24, 2.45) is 5.73 Å². The van der Waals surface area contributed by atoms with E-state index in [4.69, 9.17) is 18.0 Å². The quantitative estimate of drug-likeness (QED) is 0.791. The van der Waals surface area contributed by atoms with Gasteiger partial charge >= 0.3 is 0 Å². The minimum Gasteiger partial charge on any atom is -0.392 e. The molecule has 0 spiro atoms. The molecule has 1 amide bonds. The number of aromatic nitrogens is 2. The number of carbonyl (C=O) groups excluding carboxylic acids is 1. The number of hydrogen-bond donors (Lipinski definition) is 2. The highest BCUT2D eigenvalue weighted by Gasteiger charge is 2.28. The molecule has 21 heavy (non-hydrogen) atoms. The van der Waals surface area contributed by atoms with Gasteiger partial charge in [0.1, 0.15) is 0 Å². The first-order chi connectivity index (χ1) is 10.0. The SMILES string of the molecule is CCCC(C(N)=S)N1CCN(C(=O)c2cn[nH]c2C)CC1. The van der Waals surface area contributed by atoms with Crippen molar-refractivity contribution in [1.82, 2.24) is 20.0 Å². The Morgan fingerprint density at radius 2 is 2.14 bits per heavy atom. The van der Waals surface area contributed by atoms with Crippen molar-refractivity contribution < 1.29 is 4.79 Å². The zero-order valence-electron chi connectivity index (χ0n) is 12.6. The summed E-state index contributed by atoms with van der Waals surface area (Å²) < 4.78 is 0. The van der Waals surface area contributed by atoms with E-state index in [1.165, 1.54) is 0 Å². The van der Waals surface area contributed by atoms with Crippen molar-refractivity contribution in [3.63, 3.8) is 0 Å². The molecule has 7 heteroatoms. The Hall–Kier alpha value is -1.47. The minimum absolute atomic E-state index is 0.0447. The number of hydrogen-bond acceptors (Lipinski definition) is 4. The fourth-order valence-electron chi connectivity index (χ4n) is 2.75. The van der Waals surface area contributed by atoms with Crippen molar-refractivity contribution in [3.8, 4) is 0 Å². The predicted molar refractivity (Wildman–Crippen MR) is 86.3 cm³/mol. The van der Waals surface area contributed by atoms with Crippen LogP contribution in [0.1, 0.15) is 35.8 Å². The van der Waals surface area contributed by atoms with E-state index in [0.29, 0.717) is 23.6 Å². The molecular formula is C14H23N5OS. The van der Waals surface area contributed by atoms with Crippen LogP contribution in [0.2, 0.25) is 0 Å². The van der Waals surface area contributed by atoms with Gasteiger partial charge in [-0.2, -0.15) is 5.10 Å². The number of aryl methyl sites for hydroxylation is 1. The number of nitrogens with one attached hydrogen (secondary N) is 1. The second kappa shape index (κ2) is 7.00. The summed E-state index contributed by atoms with van der Waals surface area (Å²) in [4.78, 5) is 17.1. The molecule has 0 aliphatic carbocycles. The van der Waals surface area contributed by atoms with Gasteiger partial charge in [-0.3, -0.25) is 14.8 Å². The minimum atomic E-state index is 0.0447. The van der Waals surface area contributed by atoms with Crippen LogP contribution in [0.25, 0.3) is 0 Å². The number of nitrogens with zero attached hydrogens (tertiary/aromatic N) is 3. The summed E-state index contributed by atoms with van der Waals surface area (Å²) >= 11 is 5.17. The Kier molecular flexibility index (Phi) is 5.30. The number of carbonyl (C=O) groups is 1. The lowest BCUT2D eigenvalue weighted by molar-refractivity contribution is 0.0608. The molecule has 0 bridgehead atoms. The number of thiocarbonyl (C=S) groups is 1. The molecule has 2 heterocycles. The molecule has 0 saturated carbocycles. The van der Waals surface area contributed by atoms with Crippen LogP contribution < -0.4 is 5.73 Å². The van der Waals surface area contributed by atoms with Gasteiger partial charge in [-0.05, 0) is 13.3 Å². The molecule has 1 fully saturated rings. The van der Waals surface area contributed by atoms with Gasteiger partial charge in [0.15, 0.2) is 0 Å². The Labute approximate surface area is 130 Å². The number of nitrogens with two attached hydrogens (primary N) is 1. The molecule has 1 unspecified atom stereocenters. The van der Waals surface area contributed by atoms with Crippen molar-refractivity contribution in [3.05, 3.63) is 17.5 Å². The summed E-state index contributed by atoms with van der Waals surface area (Å²) in [5, 5.41) is 6.72. The van der Waals surface area contributed by atoms with Gasteiger partial charge < -0.3 is 10.6 Å². The largest absolute Gasteiger partial charge is 0.392 e. The van der Waals surface area contributed by atoms with E-state index in [0.717, 1.165) is 31.6 Å². The first kappa shape index (κ1) is 15.9. The van der Waals surface area contributed by atoms with Crippen LogP contribution in [-0.4, -0.2) is 63.1 Å². The van der Waals surface area contributed by atoms with Crippen LogP contribution in [0.4, 0.5) is 0 Å². The van der Waals surface area contributed by atoms with Gasteiger partial charge in [-0.1, -0.05) is 25.6 Å². The maximum Gasteiger partial charge on any atom is 0.257 e. The highest BCUT2D eigenvalue weighted by Crippen LogP contribution is 2.14. The van der Waals surface area contributed by atoms with Crippen molar-refractivity contribution in [2.45, 2.75) is 32.7 Å². The second-order valence-electron chi connectivity index (χ2n) is 5.44. The number of piperazine rings is 1. The summed E-state index contributed by atoms with van der Waals surface area (Å²) in [5.74, 6) is 0.0447. The van der Waals surface area contributed by atoms with Crippen LogP contribution in [0, 0.1) is 6.92 Å². The third-order valence-electron chi connectivity index (χ3n) is 3.99. The van der Waals surface area contributed by atoms with Gasteiger partial charge in [-0.15, -0.1) is 0 Å². The molecule has 0 aromatic carbocycles. The second-order valence-corrected chi connectivity index (χ2v) is 5.92. The number of H-pyrrole nitrogens is 1. The van der Waals surface area contributed by atoms with E-state index in [2.05, 4.69) is 22.0 Å². The maximum atomic E-state index is 12.4. The normalized spacial score (nSPS) is 17.7. The van der Waals surface area contributed by atoms with E-state index in [1.54, 1.807) is 6.20 Å². The first-order valence-electron chi connectivity index (χ1n) is 7.37. The Morgan fingerprint density at radius 3 is 2.62 bits per heavy atom. The van der Waals surface area contributed by atoms with Crippen molar-refractivity contribution in [2.75, 3.05) is 26.2 Å². The van der Waals surface area contributed by atoms with Gasteiger partial charge in [0.05, 0.1) is 22.8 Å². The number of aromatic amines is 1. The molecular weight excluding hydrogens is 286 g/mol. The molecule has 1 aliphatic rings. The fraction of sp³-hybridized carbons (Fsp3) is 0.643. The summed E-state index contributed by atoms with van der Waals surface area (Å²) in [6.07, 6.45) is 3.62. The van der Waals surface area contributed by atoms with Gasteiger partial charge in [0.25, 0.3) is 5.91 Å². The van der Waals surface area contributed by atoms with E-state index >= 15 is 0 Å². The van der Waals surface area contributed by atoms with E-state index in [9.17, 15) is 4.79 Å². The average molecular weight is 309 g/mol. The summed E-state index contributed by atoms with van der Waals surface area (Å²) in [6.45, 7) is 7.02. The lowest BCUT2D eigenvalue weighted by Crippen LogP contribution is -2.54. The van der Waals surface area contributed by atoms with E-state index in [-0.39, 0.29) is 11.9 Å². The molecule has 116 valence electrons. The fourth-order valence-corrected chi connectivity index (χ4v) is 3.02. The third-order valence-corrected chi connectivity index (χ3v) is 4.27. The number of rotatable bonds is 5. The average Bonchev–Trinajstić information content (AvgIpc) is 2.90. The standard InChI is InChI=1S/C14H23N5OS/c1-3-4-12(13(15)21)18-5-7-19(8-6-18)14(20)11-9-16-17-10(11)2/h9,12H,3-8H2,1-2H3,(H2,15,21)(H,16,17). The summed E-state index contributed by atoms with van der Waals surface area (Å²) in [7, 11) is 0. The highest BCUT2D eigenvalue weighted by atomic mass is 32.1. The lowest BCUT2D eigenvalue weighted by Gasteiger charge is -2.38. The molecule has 1 saturated heterocycles. The van der Waals surface area contributed by atoms with Gasteiger partial charge in [0.2, 0.25) is 0 Å². The van der Waals surface area contributed by atoms with Crippen LogP contribution in [0.3, 0.4) is 0 Å². The molecule has 1 atom stereocenters. The zero-order chi connectivity index (χ0) is 15.4. The maximum absolute atomic E-state index is 12.4. The third kappa shape index (κ3) is 3.59. The van der Waals surface area contributed by atoms with Crippen LogP contribution >= 0.6 is 12.2 Å². The Morgan fingerprint density at radius 1 is 1.48 bits per heavy atom. The Bertz CT molecular complexity index is 507. The van der Waals surface area contributed by atoms with E-state index in [1.807, 2.05) is 11.8 Å². The molecule has 1 aromatic heterocycles. The topological polar surface area (TPSA) is 78.2 Å². The predicted octanol–water partition coefficient (Wildman–Crippen LogP) is 0.931. The van der Waals surface area contributed by atoms with Crippen molar-refractivity contribution in [1.29, 1.82) is 0 Å². The molecule has 3 N–H and O–H groups in total. The Balaban J connectivity index is 1.95. The summed E-state index contributed by atoms with van der Waals surface area (Å²) in [5.41, 5.74) is 7.31. The van der Waals surface area contributed by atoms with Crippen LogP contribution in [-0.2, 0) is 0 Å². The molecule has 1 aromatic rings. The molecule has 6 nitrogen and oxygen atoms in total. The highest BCUT2D eigenvalue weighted by molar-refractivity contribution is 7.80. The van der Waals surface area contributed by atoms with E-state index < -0.39 is 0 Å². The monoisotopic (exact) mass is 309 g/mol. The first-order valence-corrected chi connectivity index (χ1v) is 7.78. The molecule has 2 rings (SSSR count). The van der Waals surface area contributed by atoms with Crippen LogP contribution in [0.5, 0.6) is 0 Å². The molecule has 0 radical (unpaired) electrons. The zero-order valence-corrected chi connectivity index (χ0v) is 13.4.